The maximum Gasteiger partial charge on any atom is 0.0306 e. The van der Waals surface area contributed by atoms with Crippen LogP contribution in [0.1, 0.15) is 47.0 Å². The fraction of sp³-hybridized carbons (Fsp3) is 1.00. The lowest BCUT2D eigenvalue weighted by atomic mass is 9.83. The summed E-state index contributed by atoms with van der Waals surface area (Å²) in [6.07, 6.45) is 3.93. The standard InChI is InChI=1S/C13H28N2/c1-5-6-12-8-15(9-12)13(4,10-14)7-11(2)3/h11-12H,5-10,14H2,1-4H3. The van der Waals surface area contributed by atoms with Gasteiger partial charge in [0.15, 0.2) is 0 Å². The van der Waals surface area contributed by atoms with Gasteiger partial charge < -0.3 is 5.73 Å². The summed E-state index contributed by atoms with van der Waals surface area (Å²) in [5.74, 6) is 1.68. The molecule has 0 saturated carbocycles. The topological polar surface area (TPSA) is 29.3 Å². The van der Waals surface area contributed by atoms with E-state index in [2.05, 4.69) is 32.6 Å². The van der Waals surface area contributed by atoms with Gasteiger partial charge in [0.25, 0.3) is 0 Å². The smallest absolute Gasteiger partial charge is 0.0306 e. The summed E-state index contributed by atoms with van der Waals surface area (Å²) in [7, 11) is 0. The summed E-state index contributed by atoms with van der Waals surface area (Å²) in [5, 5.41) is 0. The SMILES string of the molecule is CCCC1CN(C(C)(CN)CC(C)C)C1. The molecule has 0 radical (unpaired) electrons. The van der Waals surface area contributed by atoms with E-state index in [1.54, 1.807) is 0 Å². The van der Waals surface area contributed by atoms with Gasteiger partial charge in [0.2, 0.25) is 0 Å². The molecule has 1 saturated heterocycles. The van der Waals surface area contributed by atoms with E-state index in [1.165, 1.54) is 32.4 Å². The van der Waals surface area contributed by atoms with Crippen molar-refractivity contribution in [2.75, 3.05) is 19.6 Å². The molecule has 0 aromatic heterocycles. The molecule has 0 aromatic rings. The molecule has 90 valence electrons. The lowest BCUT2D eigenvalue weighted by Crippen LogP contribution is -2.61. The minimum atomic E-state index is 0.248. The molecule has 0 aliphatic carbocycles. The van der Waals surface area contributed by atoms with Gasteiger partial charge in [0, 0.05) is 25.2 Å². The van der Waals surface area contributed by atoms with E-state index in [4.69, 9.17) is 5.73 Å². The van der Waals surface area contributed by atoms with Crippen LogP contribution in [-0.2, 0) is 0 Å². The van der Waals surface area contributed by atoms with E-state index in [1.807, 2.05) is 0 Å². The van der Waals surface area contributed by atoms with E-state index in [0.717, 1.165) is 18.4 Å². The Kier molecular flexibility index (Phi) is 4.60. The number of hydrogen-bond donors (Lipinski definition) is 1. The van der Waals surface area contributed by atoms with Crippen molar-refractivity contribution < 1.29 is 0 Å². The van der Waals surface area contributed by atoms with Gasteiger partial charge in [-0.1, -0.05) is 27.2 Å². The van der Waals surface area contributed by atoms with E-state index in [-0.39, 0.29) is 5.54 Å². The molecule has 15 heavy (non-hydrogen) atoms. The second kappa shape index (κ2) is 5.31. The second-order valence-corrected chi connectivity index (χ2v) is 5.86. The number of nitrogens with two attached hydrogens (primary N) is 1. The van der Waals surface area contributed by atoms with Gasteiger partial charge in [-0.15, -0.1) is 0 Å². The van der Waals surface area contributed by atoms with Gasteiger partial charge in [-0.3, -0.25) is 4.90 Å². The molecular weight excluding hydrogens is 184 g/mol. The first-order chi connectivity index (χ1) is 7.01. The largest absolute Gasteiger partial charge is 0.329 e. The van der Waals surface area contributed by atoms with Crippen LogP contribution in [0.5, 0.6) is 0 Å². The third kappa shape index (κ3) is 3.18. The average molecular weight is 212 g/mol. The zero-order valence-corrected chi connectivity index (χ0v) is 10.9. The highest BCUT2D eigenvalue weighted by atomic mass is 15.3. The summed E-state index contributed by atoms with van der Waals surface area (Å²) in [5.41, 5.74) is 6.19. The predicted octanol–water partition coefficient (Wildman–Crippen LogP) is 2.48. The van der Waals surface area contributed by atoms with Crippen LogP contribution in [0.3, 0.4) is 0 Å². The first-order valence-electron chi connectivity index (χ1n) is 6.47. The highest BCUT2D eigenvalue weighted by Gasteiger charge is 2.39. The number of nitrogens with zero attached hydrogens (tertiary/aromatic N) is 1. The van der Waals surface area contributed by atoms with E-state index in [0.29, 0.717) is 0 Å². The molecule has 2 heteroatoms. The normalized spacial score (nSPS) is 22.8. The Morgan fingerprint density at radius 1 is 1.40 bits per heavy atom. The molecule has 1 aliphatic rings. The molecule has 2 N–H and O–H groups in total. The van der Waals surface area contributed by atoms with Crippen molar-refractivity contribution in [1.82, 2.24) is 4.90 Å². The van der Waals surface area contributed by atoms with Crippen molar-refractivity contribution in [2.24, 2.45) is 17.6 Å². The zero-order valence-electron chi connectivity index (χ0n) is 10.9. The van der Waals surface area contributed by atoms with Gasteiger partial charge in [0.05, 0.1) is 0 Å². The Morgan fingerprint density at radius 3 is 2.40 bits per heavy atom. The molecule has 1 fully saturated rings. The van der Waals surface area contributed by atoms with Crippen LogP contribution < -0.4 is 5.73 Å². The van der Waals surface area contributed by atoms with Crippen LogP contribution >= 0.6 is 0 Å². The lowest BCUT2D eigenvalue weighted by Gasteiger charge is -2.51. The van der Waals surface area contributed by atoms with Crippen LogP contribution in [-0.4, -0.2) is 30.1 Å². The van der Waals surface area contributed by atoms with Gasteiger partial charge in [-0.25, -0.2) is 0 Å². The molecule has 0 aromatic carbocycles. The minimum absolute atomic E-state index is 0.248. The summed E-state index contributed by atoms with van der Waals surface area (Å²) in [6, 6.07) is 0. The Labute approximate surface area is 95.2 Å². The highest BCUT2D eigenvalue weighted by molar-refractivity contribution is 4.95. The Bertz CT molecular complexity index is 185. The summed E-state index contributed by atoms with van der Waals surface area (Å²) < 4.78 is 0. The molecule has 1 unspecified atom stereocenters. The first-order valence-corrected chi connectivity index (χ1v) is 6.47. The molecule has 1 heterocycles. The minimum Gasteiger partial charge on any atom is -0.329 e. The molecule has 1 aliphatic heterocycles. The summed E-state index contributed by atoms with van der Waals surface area (Å²) >= 11 is 0. The predicted molar refractivity (Wildman–Crippen MR) is 66.9 cm³/mol. The van der Waals surface area contributed by atoms with Gasteiger partial charge in [0.1, 0.15) is 0 Å². The zero-order chi connectivity index (χ0) is 11.5. The Balaban J connectivity index is 2.40. The van der Waals surface area contributed by atoms with Crippen molar-refractivity contribution in [3.05, 3.63) is 0 Å². The average Bonchev–Trinajstić information content (AvgIpc) is 2.09. The fourth-order valence-electron chi connectivity index (χ4n) is 2.82. The Hall–Kier alpha value is -0.0800. The maximum atomic E-state index is 5.94. The van der Waals surface area contributed by atoms with Crippen molar-refractivity contribution in [2.45, 2.75) is 52.5 Å². The third-order valence-electron chi connectivity index (χ3n) is 3.71. The van der Waals surface area contributed by atoms with Crippen LogP contribution in [0.4, 0.5) is 0 Å². The fourth-order valence-corrected chi connectivity index (χ4v) is 2.82. The second-order valence-electron chi connectivity index (χ2n) is 5.86. The van der Waals surface area contributed by atoms with Crippen LogP contribution in [0.2, 0.25) is 0 Å². The Morgan fingerprint density at radius 2 is 2.00 bits per heavy atom. The van der Waals surface area contributed by atoms with E-state index < -0.39 is 0 Å². The highest BCUT2D eigenvalue weighted by Crippen LogP contribution is 2.32. The van der Waals surface area contributed by atoms with Gasteiger partial charge in [-0.05, 0) is 31.6 Å². The lowest BCUT2D eigenvalue weighted by molar-refractivity contribution is -0.0158. The molecule has 0 spiro atoms. The number of likely N-dealkylation sites (tertiary alicyclic amines) is 1. The first kappa shape index (κ1) is 13.0. The molecule has 2 nitrogen and oxygen atoms in total. The quantitative estimate of drug-likeness (QED) is 0.733. The number of hydrogen-bond acceptors (Lipinski definition) is 2. The van der Waals surface area contributed by atoms with E-state index >= 15 is 0 Å². The van der Waals surface area contributed by atoms with Crippen molar-refractivity contribution in [3.63, 3.8) is 0 Å². The molecule has 1 rings (SSSR count). The van der Waals surface area contributed by atoms with Crippen molar-refractivity contribution in [3.8, 4) is 0 Å². The van der Waals surface area contributed by atoms with Crippen LogP contribution in [0.15, 0.2) is 0 Å². The van der Waals surface area contributed by atoms with Crippen molar-refractivity contribution in [1.29, 1.82) is 0 Å². The summed E-state index contributed by atoms with van der Waals surface area (Å²) in [6.45, 7) is 12.5. The molecule has 1 atom stereocenters. The molecular formula is C13H28N2. The molecule has 0 bridgehead atoms. The van der Waals surface area contributed by atoms with Gasteiger partial charge in [-0.2, -0.15) is 0 Å². The maximum absolute atomic E-state index is 5.94. The number of rotatable bonds is 6. The third-order valence-corrected chi connectivity index (χ3v) is 3.71. The van der Waals surface area contributed by atoms with Crippen LogP contribution in [0, 0.1) is 11.8 Å². The van der Waals surface area contributed by atoms with Crippen LogP contribution in [0.25, 0.3) is 0 Å². The van der Waals surface area contributed by atoms with Crippen molar-refractivity contribution >= 4 is 0 Å². The van der Waals surface area contributed by atoms with E-state index in [9.17, 15) is 0 Å². The van der Waals surface area contributed by atoms with Gasteiger partial charge >= 0.3 is 0 Å². The summed E-state index contributed by atoms with van der Waals surface area (Å²) in [4.78, 5) is 2.59. The molecule has 0 amide bonds. The monoisotopic (exact) mass is 212 g/mol.